The lowest BCUT2D eigenvalue weighted by molar-refractivity contribution is 0.647. The number of halogens is 1. The molecule has 1 aromatic heterocycles. The van der Waals surface area contributed by atoms with Crippen molar-refractivity contribution in [1.82, 2.24) is 9.97 Å². The van der Waals surface area contributed by atoms with E-state index in [9.17, 15) is 0 Å². The third-order valence-corrected chi connectivity index (χ3v) is 5.23. The lowest BCUT2D eigenvalue weighted by Crippen LogP contribution is -2.46. The van der Waals surface area contributed by atoms with E-state index in [4.69, 9.17) is 16.6 Å². The maximum absolute atomic E-state index is 5.93. The topological polar surface area (TPSA) is 44.3 Å². The predicted molar refractivity (Wildman–Crippen MR) is 117 cm³/mol. The zero-order valence-corrected chi connectivity index (χ0v) is 16.5. The van der Waals surface area contributed by atoms with Crippen LogP contribution in [0.5, 0.6) is 0 Å². The summed E-state index contributed by atoms with van der Waals surface area (Å²) in [4.78, 5) is 13.8. The first-order valence-electron chi connectivity index (χ1n) is 9.64. The van der Waals surface area contributed by atoms with E-state index >= 15 is 0 Å². The van der Waals surface area contributed by atoms with Crippen molar-refractivity contribution in [3.63, 3.8) is 0 Å². The van der Waals surface area contributed by atoms with Crippen molar-refractivity contribution in [3.8, 4) is 0 Å². The molecule has 4 rings (SSSR count). The first kappa shape index (κ1) is 18.6. The second kappa shape index (κ2) is 8.93. The highest BCUT2D eigenvalue weighted by atomic mass is 35.5. The highest BCUT2D eigenvalue weighted by Gasteiger charge is 2.18. The Labute approximate surface area is 171 Å². The van der Waals surface area contributed by atoms with Crippen molar-refractivity contribution in [1.29, 1.82) is 0 Å². The number of hydrogen-bond donors (Lipinski definition) is 1. The minimum atomic E-state index is 0.678. The van der Waals surface area contributed by atoms with Crippen LogP contribution >= 0.6 is 11.6 Å². The lowest BCUT2D eigenvalue weighted by atomic mass is 10.1. The van der Waals surface area contributed by atoms with Gasteiger partial charge in [0, 0.05) is 49.6 Å². The first-order valence-corrected chi connectivity index (χ1v) is 10.0. The molecule has 0 unspecified atom stereocenters. The van der Waals surface area contributed by atoms with Crippen molar-refractivity contribution in [2.45, 2.75) is 6.42 Å². The average molecular weight is 394 g/mol. The van der Waals surface area contributed by atoms with E-state index in [2.05, 4.69) is 50.4 Å². The van der Waals surface area contributed by atoms with Gasteiger partial charge in [-0.25, -0.2) is 4.98 Å². The van der Waals surface area contributed by atoms with E-state index in [1.807, 2.05) is 36.5 Å². The van der Waals surface area contributed by atoms with Crippen molar-refractivity contribution in [2.75, 3.05) is 47.8 Å². The smallest absolute Gasteiger partial charge is 0.224 e. The second-order valence-electron chi connectivity index (χ2n) is 6.85. The van der Waals surface area contributed by atoms with E-state index < -0.39 is 0 Å². The molecule has 1 saturated heterocycles. The molecule has 5 nitrogen and oxygen atoms in total. The highest BCUT2D eigenvalue weighted by molar-refractivity contribution is 6.30. The molecular formula is C22H24ClN5. The largest absolute Gasteiger partial charge is 0.368 e. The standard InChI is InChI=1S/C22H24ClN5/c23-19-8-6-18(7-9-19)10-12-24-22-25-13-11-21(26-22)28-16-14-27(15-17-28)20-4-2-1-3-5-20/h1-9,11,13H,10,12,14-17H2,(H,24,25,26). The maximum atomic E-state index is 5.93. The molecule has 1 fully saturated rings. The number of para-hydroxylation sites is 1. The summed E-state index contributed by atoms with van der Waals surface area (Å²) >= 11 is 5.93. The van der Waals surface area contributed by atoms with Crippen LogP contribution in [-0.2, 0) is 6.42 Å². The molecular weight excluding hydrogens is 370 g/mol. The molecule has 2 aromatic carbocycles. The van der Waals surface area contributed by atoms with Gasteiger partial charge in [-0.15, -0.1) is 0 Å². The number of benzene rings is 2. The van der Waals surface area contributed by atoms with Crippen LogP contribution < -0.4 is 15.1 Å². The van der Waals surface area contributed by atoms with Gasteiger partial charge in [0.05, 0.1) is 0 Å². The number of piperazine rings is 1. The monoisotopic (exact) mass is 393 g/mol. The Kier molecular flexibility index (Phi) is 5.92. The quantitative estimate of drug-likeness (QED) is 0.682. The van der Waals surface area contributed by atoms with Crippen LogP contribution in [0.1, 0.15) is 5.56 Å². The van der Waals surface area contributed by atoms with Crippen molar-refractivity contribution in [2.24, 2.45) is 0 Å². The number of aromatic nitrogens is 2. The number of rotatable bonds is 6. The Morgan fingerprint density at radius 1 is 0.857 bits per heavy atom. The molecule has 3 aromatic rings. The molecule has 1 aliphatic rings. The molecule has 0 bridgehead atoms. The van der Waals surface area contributed by atoms with Gasteiger partial charge in [-0.1, -0.05) is 41.9 Å². The molecule has 144 valence electrons. The fourth-order valence-electron chi connectivity index (χ4n) is 3.41. The summed E-state index contributed by atoms with van der Waals surface area (Å²) in [7, 11) is 0. The summed E-state index contributed by atoms with van der Waals surface area (Å²) in [6.07, 6.45) is 2.73. The summed E-state index contributed by atoms with van der Waals surface area (Å²) in [5, 5.41) is 4.09. The summed E-state index contributed by atoms with van der Waals surface area (Å²) in [5.41, 5.74) is 2.53. The Hall–Kier alpha value is -2.79. The summed E-state index contributed by atoms with van der Waals surface area (Å²) in [5.74, 6) is 1.66. The normalized spacial score (nSPS) is 14.2. The van der Waals surface area contributed by atoms with Crippen LogP contribution in [-0.4, -0.2) is 42.7 Å². The second-order valence-corrected chi connectivity index (χ2v) is 7.29. The van der Waals surface area contributed by atoms with Gasteiger partial charge in [-0.3, -0.25) is 0 Å². The fourth-order valence-corrected chi connectivity index (χ4v) is 3.54. The first-order chi connectivity index (χ1) is 13.8. The van der Waals surface area contributed by atoms with E-state index in [0.717, 1.165) is 50.0 Å². The maximum Gasteiger partial charge on any atom is 0.224 e. The molecule has 0 amide bonds. The number of hydrogen-bond acceptors (Lipinski definition) is 5. The third-order valence-electron chi connectivity index (χ3n) is 4.98. The highest BCUT2D eigenvalue weighted by Crippen LogP contribution is 2.19. The van der Waals surface area contributed by atoms with Gasteiger partial charge in [0.1, 0.15) is 5.82 Å². The molecule has 0 radical (unpaired) electrons. The number of nitrogens with one attached hydrogen (secondary N) is 1. The summed E-state index contributed by atoms with van der Waals surface area (Å²) in [6.45, 7) is 4.68. The zero-order chi connectivity index (χ0) is 19.2. The fraction of sp³-hybridized carbons (Fsp3) is 0.273. The number of anilines is 3. The van der Waals surface area contributed by atoms with Gasteiger partial charge >= 0.3 is 0 Å². The lowest BCUT2D eigenvalue weighted by Gasteiger charge is -2.36. The molecule has 0 atom stereocenters. The van der Waals surface area contributed by atoms with Crippen LogP contribution in [0.15, 0.2) is 66.9 Å². The van der Waals surface area contributed by atoms with Gasteiger partial charge < -0.3 is 15.1 Å². The van der Waals surface area contributed by atoms with Gasteiger partial charge in [0.25, 0.3) is 0 Å². The zero-order valence-electron chi connectivity index (χ0n) is 15.8. The molecule has 28 heavy (non-hydrogen) atoms. The van der Waals surface area contributed by atoms with E-state index in [0.29, 0.717) is 5.95 Å². The van der Waals surface area contributed by atoms with Crippen molar-refractivity contribution in [3.05, 3.63) is 77.4 Å². The van der Waals surface area contributed by atoms with Crippen LogP contribution in [0.3, 0.4) is 0 Å². The number of nitrogens with zero attached hydrogens (tertiary/aromatic N) is 4. The van der Waals surface area contributed by atoms with Crippen LogP contribution in [0.4, 0.5) is 17.5 Å². The molecule has 6 heteroatoms. The van der Waals surface area contributed by atoms with E-state index in [1.165, 1.54) is 11.3 Å². The van der Waals surface area contributed by atoms with Crippen LogP contribution in [0, 0.1) is 0 Å². The van der Waals surface area contributed by atoms with E-state index in [1.54, 1.807) is 0 Å². The van der Waals surface area contributed by atoms with Gasteiger partial charge in [0.2, 0.25) is 5.95 Å². The third kappa shape index (κ3) is 4.73. The Balaban J connectivity index is 1.31. The predicted octanol–water partition coefficient (Wildman–Crippen LogP) is 4.11. The molecule has 0 saturated carbocycles. The Morgan fingerprint density at radius 2 is 1.57 bits per heavy atom. The Morgan fingerprint density at radius 3 is 2.32 bits per heavy atom. The van der Waals surface area contributed by atoms with Gasteiger partial charge in [-0.2, -0.15) is 4.98 Å². The molecule has 1 aliphatic heterocycles. The average Bonchev–Trinajstić information content (AvgIpc) is 2.76. The van der Waals surface area contributed by atoms with Crippen LogP contribution in [0.2, 0.25) is 5.02 Å². The van der Waals surface area contributed by atoms with E-state index in [-0.39, 0.29) is 0 Å². The van der Waals surface area contributed by atoms with Crippen molar-refractivity contribution >= 4 is 29.1 Å². The SMILES string of the molecule is Clc1ccc(CCNc2nccc(N3CCN(c4ccccc4)CC3)n2)cc1. The van der Waals surface area contributed by atoms with Gasteiger partial charge in [0.15, 0.2) is 0 Å². The minimum absolute atomic E-state index is 0.678. The van der Waals surface area contributed by atoms with Crippen LogP contribution in [0.25, 0.3) is 0 Å². The minimum Gasteiger partial charge on any atom is -0.368 e. The molecule has 2 heterocycles. The summed E-state index contributed by atoms with van der Waals surface area (Å²) in [6, 6.07) is 20.5. The summed E-state index contributed by atoms with van der Waals surface area (Å²) < 4.78 is 0. The molecule has 0 aliphatic carbocycles. The molecule has 0 spiro atoms. The van der Waals surface area contributed by atoms with Crippen molar-refractivity contribution < 1.29 is 0 Å². The van der Waals surface area contributed by atoms with Gasteiger partial charge in [-0.05, 0) is 42.3 Å². The Bertz CT molecular complexity index is 877. The molecule has 1 N–H and O–H groups in total.